The van der Waals surface area contributed by atoms with Gasteiger partial charge in [0.15, 0.2) is 0 Å². The Bertz CT molecular complexity index is 755. The lowest BCUT2D eigenvalue weighted by Crippen LogP contribution is -2.36. The average molecular weight is 391 g/mol. The molecule has 6 nitrogen and oxygen atoms in total. The number of aryl methyl sites for hydroxylation is 1. The second kappa shape index (κ2) is 9.14. The number of hydrogen-bond acceptors (Lipinski definition) is 6. The minimum absolute atomic E-state index is 0.191. The second-order valence-corrected chi connectivity index (χ2v) is 8.30. The fourth-order valence-corrected chi connectivity index (χ4v) is 4.39. The Morgan fingerprint density at radius 3 is 2.62 bits per heavy atom. The third-order valence-electron chi connectivity index (χ3n) is 4.13. The van der Waals surface area contributed by atoms with E-state index in [-0.39, 0.29) is 11.8 Å². The van der Waals surface area contributed by atoms with Crippen LogP contribution in [0, 0.1) is 6.92 Å². The predicted molar refractivity (Wildman–Crippen MR) is 106 cm³/mol. The van der Waals surface area contributed by atoms with Gasteiger partial charge in [0.05, 0.1) is 5.75 Å². The molecule has 138 valence electrons. The number of rotatable bonds is 6. The molecule has 1 aliphatic heterocycles. The number of hydrogen-bond donors (Lipinski definition) is 1. The SMILES string of the molecule is Cc1ccc(NC(=O)c2nnc(CSCC(=O)N3CCCCC3)s2)cc1. The molecular formula is C18H22N4O2S2. The van der Waals surface area contributed by atoms with E-state index in [0.29, 0.717) is 16.5 Å². The van der Waals surface area contributed by atoms with Crippen LogP contribution in [0.25, 0.3) is 0 Å². The Morgan fingerprint density at radius 1 is 1.15 bits per heavy atom. The van der Waals surface area contributed by atoms with Crippen molar-refractivity contribution in [1.29, 1.82) is 0 Å². The van der Waals surface area contributed by atoms with E-state index in [2.05, 4.69) is 15.5 Å². The molecule has 26 heavy (non-hydrogen) atoms. The number of carbonyl (C=O) groups excluding carboxylic acids is 2. The Kier molecular flexibility index (Phi) is 6.62. The highest BCUT2D eigenvalue weighted by atomic mass is 32.2. The van der Waals surface area contributed by atoms with Gasteiger partial charge < -0.3 is 10.2 Å². The topological polar surface area (TPSA) is 75.2 Å². The molecule has 1 aromatic carbocycles. The average Bonchev–Trinajstić information content (AvgIpc) is 3.13. The molecular weight excluding hydrogens is 368 g/mol. The van der Waals surface area contributed by atoms with Gasteiger partial charge in [0.25, 0.3) is 5.91 Å². The second-order valence-electron chi connectivity index (χ2n) is 6.26. The van der Waals surface area contributed by atoms with Gasteiger partial charge in [-0.15, -0.1) is 22.0 Å². The van der Waals surface area contributed by atoms with Crippen LogP contribution in [0.4, 0.5) is 5.69 Å². The normalized spacial score (nSPS) is 14.3. The van der Waals surface area contributed by atoms with Crippen molar-refractivity contribution >= 4 is 40.6 Å². The van der Waals surface area contributed by atoms with Crippen LogP contribution in [-0.2, 0) is 10.5 Å². The fraction of sp³-hybridized carbons (Fsp3) is 0.444. The Morgan fingerprint density at radius 2 is 1.88 bits per heavy atom. The molecule has 0 saturated carbocycles. The van der Waals surface area contributed by atoms with Crippen LogP contribution in [-0.4, -0.2) is 45.8 Å². The van der Waals surface area contributed by atoms with Gasteiger partial charge in [-0.2, -0.15) is 0 Å². The van der Waals surface area contributed by atoms with Crippen molar-refractivity contribution in [2.75, 3.05) is 24.2 Å². The van der Waals surface area contributed by atoms with E-state index in [1.807, 2.05) is 36.1 Å². The van der Waals surface area contributed by atoms with E-state index < -0.39 is 0 Å². The molecule has 1 aliphatic rings. The van der Waals surface area contributed by atoms with Crippen molar-refractivity contribution in [3.05, 3.63) is 39.8 Å². The van der Waals surface area contributed by atoms with E-state index in [1.54, 1.807) is 0 Å². The largest absolute Gasteiger partial charge is 0.342 e. The highest BCUT2D eigenvalue weighted by molar-refractivity contribution is 7.99. The number of likely N-dealkylation sites (tertiary alicyclic amines) is 1. The first kappa shape index (κ1) is 18.8. The van der Waals surface area contributed by atoms with Crippen LogP contribution in [0.15, 0.2) is 24.3 Å². The summed E-state index contributed by atoms with van der Waals surface area (Å²) >= 11 is 2.79. The third-order valence-corrected chi connectivity index (χ3v) is 6.16. The van der Waals surface area contributed by atoms with Crippen molar-refractivity contribution in [2.45, 2.75) is 31.9 Å². The van der Waals surface area contributed by atoms with Gasteiger partial charge in [-0.1, -0.05) is 29.0 Å². The quantitative estimate of drug-likeness (QED) is 0.819. The van der Waals surface area contributed by atoms with Crippen LogP contribution in [0.1, 0.15) is 39.6 Å². The zero-order chi connectivity index (χ0) is 18.4. The summed E-state index contributed by atoms with van der Waals surface area (Å²) in [5.74, 6) is 0.975. The summed E-state index contributed by atoms with van der Waals surface area (Å²) < 4.78 is 0. The Balaban J connectivity index is 1.45. The molecule has 2 heterocycles. The minimum atomic E-state index is -0.257. The number of carbonyl (C=O) groups is 2. The van der Waals surface area contributed by atoms with E-state index in [0.717, 1.165) is 42.2 Å². The molecule has 8 heteroatoms. The van der Waals surface area contributed by atoms with Crippen LogP contribution in [0.2, 0.25) is 0 Å². The first-order valence-corrected chi connectivity index (χ1v) is 10.6. The monoisotopic (exact) mass is 390 g/mol. The van der Waals surface area contributed by atoms with E-state index in [1.165, 1.54) is 29.5 Å². The zero-order valence-electron chi connectivity index (χ0n) is 14.7. The third kappa shape index (κ3) is 5.28. The van der Waals surface area contributed by atoms with E-state index in [9.17, 15) is 9.59 Å². The van der Waals surface area contributed by atoms with Gasteiger partial charge in [-0.05, 0) is 38.3 Å². The van der Waals surface area contributed by atoms with Crippen LogP contribution < -0.4 is 5.32 Å². The molecule has 1 aromatic heterocycles. The molecule has 0 aliphatic carbocycles. The lowest BCUT2D eigenvalue weighted by atomic mass is 10.1. The molecule has 2 aromatic rings. The van der Waals surface area contributed by atoms with Crippen molar-refractivity contribution in [2.24, 2.45) is 0 Å². The number of nitrogens with zero attached hydrogens (tertiary/aromatic N) is 3. The maximum absolute atomic E-state index is 12.2. The summed E-state index contributed by atoms with van der Waals surface area (Å²) in [6, 6.07) is 7.60. The van der Waals surface area contributed by atoms with Crippen LogP contribution in [0.3, 0.4) is 0 Å². The van der Waals surface area contributed by atoms with Gasteiger partial charge in [0.1, 0.15) is 5.01 Å². The number of thioether (sulfide) groups is 1. The van der Waals surface area contributed by atoms with Crippen molar-refractivity contribution in [1.82, 2.24) is 15.1 Å². The van der Waals surface area contributed by atoms with Gasteiger partial charge in [0.2, 0.25) is 10.9 Å². The summed E-state index contributed by atoms with van der Waals surface area (Å²) in [6.07, 6.45) is 3.42. The molecule has 0 radical (unpaired) electrons. The lowest BCUT2D eigenvalue weighted by Gasteiger charge is -2.26. The molecule has 1 saturated heterocycles. The minimum Gasteiger partial charge on any atom is -0.342 e. The van der Waals surface area contributed by atoms with Crippen molar-refractivity contribution in [3.63, 3.8) is 0 Å². The fourth-order valence-electron chi connectivity index (χ4n) is 2.69. The number of anilines is 1. The lowest BCUT2D eigenvalue weighted by molar-refractivity contribution is -0.129. The van der Waals surface area contributed by atoms with Gasteiger partial charge in [-0.25, -0.2) is 0 Å². The van der Waals surface area contributed by atoms with Crippen LogP contribution >= 0.6 is 23.1 Å². The molecule has 1 N–H and O–H groups in total. The van der Waals surface area contributed by atoms with Crippen molar-refractivity contribution in [3.8, 4) is 0 Å². The van der Waals surface area contributed by atoms with Gasteiger partial charge in [0, 0.05) is 24.5 Å². The number of benzene rings is 1. The Labute approximate surface area is 161 Å². The summed E-state index contributed by atoms with van der Waals surface area (Å²) in [5, 5.41) is 11.9. The standard InChI is InChI=1S/C18H22N4O2S2/c1-13-5-7-14(8-6-13)19-17(24)18-21-20-15(26-18)11-25-12-16(23)22-9-3-2-4-10-22/h5-8H,2-4,9-12H2,1H3,(H,19,24). The van der Waals surface area contributed by atoms with Gasteiger partial charge in [-0.3, -0.25) is 9.59 Å². The molecule has 0 atom stereocenters. The van der Waals surface area contributed by atoms with E-state index in [4.69, 9.17) is 0 Å². The molecule has 0 spiro atoms. The zero-order valence-corrected chi connectivity index (χ0v) is 16.4. The molecule has 2 amide bonds. The smallest absolute Gasteiger partial charge is 0.286 e. The number of nitrogens with one attached hydrogen (secondary N) is 1. The highest BCUT2D eigenvalue weighted by Gasteiger charge is 2.17. The summed E-state index contributed by atoms with van der Waals surface area (Å²) in [6.45, 7) is 3.75. The first-order chi connectivity index (χ1) is 12.6. The maximum Gasteiger partial charge on any atom is 0.286 e. The van der Waals surface area contributed by atoms with E-state index >= 15 is 0 Å². The molecule has 1 fully saturated rings. The summed E-state index contributed by atoms with van der Waals surface area (Å²) in [4.78, 5) is 26.3. The van der Waals surface area contributed by atoms with Crippen molar-refractivity contribution < 1.29 is 9.59 Å². The number of piperidine rings is 1. The summed E-state index contributed by atoms with van der Waals surface area (Å²) in [7, 11) is 0. The number of amides is 2. The maximum atomic E-state index is 12.2. The Hall–Kier alpha value is -1.93. The molecule has 3 rings (SSSR count). The van der Waals surface area contributed by atoms with Gasteiger partial charge >= 0.3 is 0 Å². The first-order valence-electron chi connectivity index (χ1n) is 8.68. The highest BCUT2D eigenvalue weighted by Crippen LogP contribution is 2.19. The predicted octanol–water partition coefficient (Wildman–Crippen LogP) is 3.34. The molecule has 0 bridgehead atoms. The molecule has 0 unspecified atom stereocenters. The number of aromatic nitrogens is 2. The summed E-state index contributed by atoms with van der Waals surface area (Å²) in [5.41, 5.74) is 1.87. The van der Waals surface area contributed by atoms with Crippen LogP contribution in [0.5, 0.6) is 0 Å².